The van der Waals surface area contributed by atoms with E-state index >= 15 is 0 Å². The van der Waals surface area contributed by atoms with Crippen LogP contribution in [0.15, 0.2) is 18.2 Å². The number of carbonyl (C=O) groups excluding carboxylic acids is 1. The molecular formula is C18H26N2O. The lowest BCUT2D eigenvalue weighted by Gasteiger charge is -2.36. The fraction of sp³-hybridized carbons (Fsp3) is 0.611. The molecule has 1 aromatic rings. The smallest absolute Gasteiger partial charge is 0.237 e. The van der Waals surface area contributed by atoms with Crippen molar-refractivity contribution in [2.45, 2.75) is 44.6 Å². The molecule has 0 N–H and O–H groups in total. The maximum absolute atomic E-state index is 12.4. The van der Waals surface area contributed by atoms with E-state index in [1.807, 2.05) is 19.0 Å². The van der Waals surface area contributed by atoms with Crippen molar-refractivity contribution in [3.05, 3.63) is 34.9 Å². The predicted molar refractivity (Wildman–Crippen MR) is 85.4 cm³/mol. The van der Waals surface area contributed by atoms with Crippen LogP contribution in [0.5, 0.6) is 0 Å². The second-order valence-corrected chi connectivity index (χ2v) is 7.34. The Kier molecular flexibility index (Phi) is 3.56. The Bertz CT molecular complexity index is 558. The lowest BCUT2D eigenvalue weighted by Crippen LogP contribution is -2.45. The van der Waals surface area contributed by atoms with Crippen molar-refractivity contribution in [3.8, 4) is 0 Å². The Morgan fingerprint density at radius 2 is 2.05 bits per heavy atom. The topological polar surface area (TPSA) is 23.6 Å². The first-order chi connectivity index (χ1) is 9.91. The van der Waals surface area contributed by atoms with Crippen LogP contribution in [0.1, 0.15) is 49.3 Å². The summed E-state index contributed by atoms with van der Waals surface area (Å²) in [5.74, 6) is 0.796. The molecule has 3 rings (SSSR count). The van der Waals surface area contributed by atoms with Crippen LogP contribution < -0.4 is 0 Å². The van der Waals surface area contributed by atoms with Gasteiger partial charge in [-0.1, -0.05) is 32.0 Å². The zero-order chi connectivity index (χ0) is 15.2. The summed E-state index contributed by atoms with van der Waals surface area (Å²) >= 11 is 0. The molecule has 1 aliphatic heterocycles. The molecule has 0 atom stereocenters. The first-order valence-electron chi connectivity index (χ1n) is 7.97. The molecule has 1 aliphatic carbocycles. The predicted octanol–water partition coefficient (Wildman–Crippen LogP) is 2.75. The molecule has 0 radical (unpaired) electrons. The molecule has 0 bridgehead atoms. The van der Waals surface area contributed by atoms with E-state index in [2.05, 4.69) is 36.9 Å². The van der Waals surface area contributed by atoms with Gasteiger partial charge in [0.25, 0.3) is 0 Å². The summed E-state index contributed by atoms with van der Waals surface area (Å²) in [6.07, 6.45) is 2.46. The molecule has 3 nitrogen and oxygen atoms in total. The number of likely N-dealkylation sites (N-methyl/N-ethyl adjacent to an activating group) is 1. The summed E-state index contributed by atoms with van der Waals surface area (Å²) in [5, 5.41) is 0. The number of carbonyl (C=O) groups is 1. The standard InChI is InChI=1S/C18H26N2O/c1-13(2)14-5-6-16-15(9-14)10-20(12-18(16)7-8-18)17(21)11-19(3)4/h5-6,9,13H,7-8,10-12H2,1-4H3. The highest BCUT2D eigenvalue weighted by atomic mass is 16.2. The van der Waals surface area contributed by atoms with Crippen LogP contribution in [0.3, 0.4) is 0 Å². The molecule has 1 saturated carbocycles. The summed E-state index contributed by atoms with van der Waals surface area (Å²) in [6, 6.07) is 6.93. The van der Waals surface area contributed by atoms with Crippen molar-refractivity contribution in [3.63, 3.8) is 0 Å². The molecule has 1 heterocycles. The van der Waals surface area contributed by atoms with Gasteiger partial charge in [-0.15, -0.1) is 0 Å². The fourth-order valence-corrected chi connectivity index (χ4v) is 3.46. The van der Waals surface area contributed by atoms with Gasteiger partial charge < -0.3 is 9.80 Å². The maximum atomic E-state index is 12.4. The van der Waals surface area contributed by atoms with E-state index in [0.29, 0.717) is 12.5 Å². The van der Waals surface area contributed by atoms with Crippen molar-refractivity contribution in [1.29, 1.82) is 0 Å². The Labute approximate surface area is 127 Å². The van der Waals surface area contributed by atoms with Gasteiger partial charge in [0.05, 0.1) is 6.54 Å². The summed E-state index contributed by atoms with van der Waals surface area (Å²) in [7, 11) is 3.92. The minimum Gasteiger partial charge on any atom is -0.336 e. The van der Waals surface area contributed by atoms with Gasteiger partial charge in [0.2, 0.25) is 5.91 Å². The van der Waals surface area contributed by atoms with Crippen LogP contribution in [-0.2, 0) is 16.8 Å². The lowest BCUT2D eigenvalue weighted by molar-refractivity contribution is -0.133. The van der Waals surface area contributed by atoms with Crippen molar-refractivity contribution in [1.82, 2.24) is 9.80 Å². The number of nitrogens with zero attached hydrogens (tertiary/aromatic N) is 2. The van der Waals surface area contributed by atoms with E-state index in [-0.39, 0.29) is 11.3 Å². The molecule has 1 spiro atoms. The number of amides is 1. The number of benzene rings is 1. The molecule has 0 saturated heterocycles. The first-order valence-corrected chi connectivity index (χ1v) is 7.97. The Morgan fingerprint density at radius 3 is 2.62 bits per heavy atom. The van der Waals surface area contributed by atoms with E-state index in [4.69, 9.17) is 0 Å². The molecule has 2 aliphatic rings. The van der Waals surface area contributed by atoms with E-state index in [1.54, 1.807) is 0 Å². The zero-order valence-corrected chi connectivity index (χ0v) is 13.6. The summed E-state index contributed by atoms with van der Waals surface area (Å²) < 4.78 is 0. The second kappa shape index (κ2) is 5.13. The molecule has 1 amide bonds. The van der Waals surface area contributed by atoms with Crippen LogP contribution >= 0.6 is 0 Å². The van der Waals surface area contributed by atoms with Crippen LogP contribution in [0.2, 0.25) is 0 Å². The highest BCUT2D eigenvalue weighted by Gasteiger charge is 2.49. The molecule has 1 fully saturated rings. The second-order valence-electron chi connectivity index (χ2n) is 7.34. The average molecular weight is 286 g/mol. The number of fused-ring (bicyclic) bond motifs is 2. The molecule has 0 unspecified atom stereocenters. The Balaban J connectivity index is 1.89. The third-order valence-electron chi connectivity index (χ3n) is 4.88. The molecule has 0 aromatic heterocycles. The van der Waals surface area contributed by atoms with Gasteiger partial charge in [0, 0.05) is 18.5 Å². The molecule has 3 heteroatoms. The van der Waals surface area contributed by atoms with E-state index < -0.39 is 0 Å². The first kappa shape index (κ1) is 14.6. The summed E-state index contributed by atoms with van der Waals surface area (Å²) in [6.45, 7) is 6.66. The Morgan fingerprint density at radius 1 is 1.33 bits per heavy atom. The summed E-state index contributed by atoms with van der Waals surface area (Å²) in [4.78, 5) is 16.5. The highest BCUT2D eigenvalue weighted by Crippen LogP contribution is 2.52. The normalized spacial score (nSPS) is 19.2. The summed E-state index contributed by atoms with van der Waals surface area (Å²) in [5.41, 5.74) is 4.52. The van der Waals surface area contributed by atoms with Crippen LogP contribution in [-0.4, -0.2) is 42.9 Å². The van der Waals surface area contributed by atoms with E-state index in [9.17, 15) is 4.79 Å². The third kappa shape index (κ3) is 2.71. The van der Waals surface area contributed by atoms with Crippen LogP contribution in [0, 0.1) is 0 Å². The van der Waals surface area contributed by atoms with E-state index in [1.165, 1.54) is 29.5 Å². The Hall–Kier alpha value is -1.35. The van der Waals surface area contributed by atoms with Gasteiger partial charge in [0.15, 0.2) is 0 Å². The monoisotopic (exact) mass is 286 g/mol. The minimum absolute atomic E-state index is 0.256. The van der Waals surface area contributed by atoms with Crippen molar-refractivity contribution in [2.75, 3.05) is 27.2 Å². The van der Waals surface area contributed by atoms with Gasteiger partial charge in [0.1, 0.15) is 0 Å². The average Bonchev–Trinajstić information content (AvgIpc) is 3.17. The van der Waals surface area contributed by atoms with Crippen molar-refractivity contribution < 1.29 is 4.79 Å². The van der Waals surface area contributed by atoms with Crippen LogP contribution in [0.4, 0.5) is 0 Å². The van der Waals surface area contributed by atoms with E-state index in [0.717, 1.165) is 13.1 Å². The molecule has 114 valence electrons. The lowest BCUT2D eigenvalue weighted by atomic mass is 9.84. The van der Waals surface area contributed by atoms with Gasteiger partial charge in [-0.05, 0) is 49.5 Å². The number of hydrogen-bond acceptors (Lipinski definition) is 2. The quantitative estimate of drug-likeness (QED) is 0.853. The van der Waals surface area contributed by atoms with Gasteiger partial charge in [-0.2, -0.15) is 0 Å². The number of rotatable bonds is 3. The van der Waals surface area contributed by atoms with Gasteiger partial charge in [-0.3, -0.25) is 4.79 Å². The van der Waals surface area contributed by atoms with Crippen LogP contribution in [0.25, 0.3) is 0 Å². The molecule has 21 heavy (non-hydrogen) atoms. The van der Waals surface area contributed by atoms with Gasteiger partial charge in [-0.25, -0.2) is 0 Å². The largest absolute Gasteiger partial charge is 0.336 e. The molecule has 1 aromatic carbocycles. The number of hydrogen-bond donors (Lipinski definition) is 0. The van der Waals surface area contributed by atoms with Crippen molar-refractivity contribution >= 4 is 5.91 Å². The molecular weight excluding hydrogens is 260 g/mol. The van der Waals surface area contributed by atoms with Gasteiger partial charge >= 0.3 is 0 Å². The zero-order valence-electron chi connectivity index (χ0n) is 13.6. The maximum Gasteiger partial charge on any atom is 0.237 e. The fourth-order valence-electron chi connectivity index (χ4n) is 3.46. The third-order valence-corrected chi connectivity index (χ3v) is 4.88. The SMILES string of the molecule is CC(C)c1ccc2c(c1)CN(C(=O)CN(C)C)CC21CC1. The van der Waals surface area contributed by atoms with Crippen molar-refractivity contribution in [2.24, 2.45) is 0 Å². The highest BCUT2D eigenvalue weighted by molar-refractivity contribution is 5.79. The minimum atomic E-state index is 0.256.